The van der Waals surface area contributed by atoms with Gasteiger partial charge in [-0.3, -0.25) is 14.4 Å². The van der Waals surface area contributed by atoms with Gasteiger partial charge in [0.05, 0.1) is 16.7 Å². The molecule has 0 bridgehead atoms. The molecule has 146 valence electrons. The molecule has 1 aromatic carbocycles. The van der Waals surface area contributed by atoms with Gasteiger partial charge in [0.25, 0.3) is 5.91 Å². The summed E-state index contributed by atoms with van der Waals surface area (Å²) in [6.07, 6.45) is 2.42. The molecule has 2 N–H and O–H groups in total. The minimum atomic E-state index is -0.784. The van der Waals surface area contributed by atoms with Crippen molar-refractivity contribution in [3.05, 3.63) is 29.8 Å². The molecule has 2 fully saturated rings. The van der Waals surface area contributed by atoms with Crippen LogP contribution in [0.3, 0.4) is 0 Å². The van der Waals surface area contributed by atoms with Crippen LogP contribution >= 0.6 is 11.8 Å². The van der Waals surface area contributed by atoms with Crippen LogP contribution in [0.25, 0.3) is 0 Å². The van der Waals surface area contributed by atoms with E-state index in [4.69, 9.17) is 0 Å². The number of carbonyl (C=O) groups excluding carboxylic acids is 2. The molecule has 1 aromatic rings. The molecule has 2 amide bonds. The quantitative estimate of drug-likeness (QED) is 0.729. The summed E-state index contributed by atoms with van der Waals surface area (Å²) in [7, 11) is 0. The second-order valence-corrected chi connectivity index (χ2v) is 8.76. The fourth-order valence-electron chi connectivity index (χ4n) is 4.24. The maximum Gasteiger partial charge on any atom is 0.311 e. The first-order valence-corrected chi connectivity index (χ1v) is 10.4. The van der Waals surface area contributed by atoms with Crippen LogP contribution in [0, 0.1) is 11.3 Å². The number of carbonyl (C=O) groups is 3. The molecule has 1 saturated carbocycles. The zero-order chi connectivity index (χ0) is 19.6. The van der Waals surface area contributed by atoms with Crippen molar-refractivity contribution in [1.29, 1.82) is 0 Å². The summed E-state index contributed by atoms with van der Waals surface area (Å²) in [5.41, 5.74) is -0.241. The number of fused-ring (bicyclic) bond motifs is 1. The van der Waals surface area contributed by atoms with Crippen molar-refractivity contribution in [1.82, 2.24) is 10.2 Å². The molecule has 1 aliphatic heterocycles. The van der Waals surface area contributed by atoms with Crippen molar-refractivity contribution in [3.8, 4) is 0 Å². The van der Waals surface area contributed by atoms with Crippen molar-refractivity contribution >= 4 is 29.5 Å². The van der Waals surface area contributed by atoms with Crippen LogP contribution in [0.1, 0.15) is 43.5 Å². The number of rotatable bonds is 6. The molecular formula is C20H26N2O4S. The zero-order valence-corrected chi connectivity index (χ0v) is 16.6. The van der Waals surface area contributed by atoms with Gasteiger partial charge in [-0.15, -0.1) is 11.8 Å². The van der Waals surface area contributed by atoms with E-state index in [1.165, 1.54) is 11.8 Å². The van der Waals surface area contributed by atoms with Crippen molar-refractivity contribution in [3.63, 3.8) is 0 Å². The molecule has 1 saturated heterocycles. The molecular weight excluding hydrogens is 364 g/mol. The normalized spacial score (nSPS) is 24.1. The second kappa shape index (κ2) is 7.92. The first-order chi connectivity index (χ1) is 12.8. The molecule has 1 aliphatic carbocycles. The van der Waals surface area contributed by atoms with Gasteiger partial charge < -0.3 is 15.3 Å². The van der Waals surface area contributed by atoms with Gasteiger partial charge in [-0.1, -0.05) is 18.6 Å². The van der Waals surface area contributed by atoms with Crippen molar-refractivity contribution in [2.24, 2.45) is 11.3 Å². The average molecular weight is 391 g/mol. The summed E-state index contributed by atoms with van der Waals surface area (Å²) in [6, 6.07) is 7.31. The standard InChI is InChI=1S/C20H26N2O4S/c1-13(2)21-17(23)11-27-16-8-4-3-7-15(16)18(24)22-10-14-6-5-9-20(14,12-22)19(25)26/h3-4,7-8,13-14H,5-6,9-12H2,1-2H3,(H,21,23)(H,25,26)/t14-,20+/m0/s1. The van der Waals surface area contributed by atoms with E-state index in [1.54, 1.807) is 17.0 Å². The van der Waals surface area contributed by atoms with E-state index in [0.717, 1.165) is 17.7 Å². The number of carboxylic acid groups (broad SMARTS) is 1. The Balaban J connectivity index is 1.73. The summed E-state index contributed by atoms with van der Waals surface area (Å²) in [6.45, 7) is 4.59. The van der Waals surface area contributed by atoms with Crippen molar-refractivity contribution in [2.45, 2.75) is 44.0 Å². The van der Waals surface area contributed by atoms with Crippen LogP contribution < -0.4 is 5.32 Å². The Morgan fingerprint density at radius 1 is 1.33 bits per heavy atom. The molecule has 3 rings (SSSR count). The molecule has 6 nitrogen and oxygen atoms in total. The molecule has 2 aliphatic rings. The number of aliphatic carboxylic acids is 1. The van der Waals surface area contributed by atoms with Gasteiger partial charge in [-0.2, -0.15) is 0 Å². The Morgan fingerprint density at radius 2 is 2.07 bits per heavy atom. The lowest BCUT2D eigenvalue weighted by Gasteiger charge is -2.23. The van der Waals surface area contributed by atoms with Crippen LogP contribution in [0.5, 0.6) is 0 Å². The van der Waals surface area contributed by atoms with E-state index in [9.17, 15) is 19.5 Å². The molecule has 0 radical (unpaired) electrons. The number of likely N-dealkylation sites (tertiary alicyclic amines) is 1. The monoisotopic (exact) mass is 390 g/mol. The molecule has 0 aromatic heterocycles. The minimum absolute atomic E-state index is 0.0376. The number of hydrogen-bond acceptors (Lipinski definition) is 4. The first-order valence-electron chi connectivity index (χ1n) is 9.37. The van der Waals surface area contributed by atoms with Crippen molar-refractivity contribution < 1.29 is 19.5 Å². The summed E-state index contributed by atoms with van der Waals surface area (Å²) in [5.74, 6) is -0.719. The number of nitrogens with zero attached hydrogens (tertiary/aromatic N) is 1. The Hall–Kier alpha value is -2.02. The zero-order valence-electron chi connectivity index (χ0n) is 15.7. The van der Waals surface area contributed by atoms with Crippen molar-refractivity contribution in [2.75, 3.05) is 18.8 Å². The van der Waals surface area contributed by atoms with E-state index < -0.39 is 11.4 Å². The van der Waals surface area contributed by atoms with Gasteiger partial charge in [-0.05, 0) is 44.7 Å². The number of nitrogens with one attached hydrogen (secondary N) is 1. The maximum atomic E-state index is 13.1. The fraction of sp³-hybridized carbons (Fsp3) is 0.550. The van der Waals surface area contributed by atoms with Gasteiger partial charge in [-0.25, -0.2) is 0 Å². The molecule has 0 spiro atoms. The Labute approximate surface area is 163 Å². The highest BCUT2D eigenvalue weighted by atomic mass is 32.2. The lowest BCUT2D eigenvalue weighted by Crippen LogP contribution is -2.37. The Bertz CT molecular complexity index is 751. The predicted molar refractivity (Wildman–Crippen MR) is 104 cm³/mol. The van der Waals surface area contributed by atoms with Gasteiger partial charge in [0.15, 0.2) is 0 Å². The fourth-order valence-corrected chi connectivity index (χ4v) is 5.10. The number of amides is 2. The summed E-state index contributed by atoms with van der Waals surface area (Å²) in [5, 5.41) is 12.6. The molecule has 1 heterocycles. The van der Waals surface area contributed by atoms with Crippen LogP contribution in [0.15, 0.2) is 29.2 Å². The SMILES string of the molecule is CC(C)NC(=O)CSc1ccccc1C(=O)N1C[C@@H]2CCC[C@@]2(C(=O)O)C1. The lowest BCUT2D eigenvalue weighted by atomic mass is 9.81. The van der Waals surface area contributed by atoms with E-state index in [-0.39, 0.29) is 36.1 Å². The third-order valence-electron chi connectivity index (χ3n) is 5.51. The topological polar surface area (TPSA) is 86.7 Å². The minimum Gasteiger partial charge on any atom is -0.481 e. The Kier molecular flexibility index (Phi) is 5.79. The number of carboxylic acids is 1. The van der Waals surface area contributed by atoms with E-state index in [0.29, 0.717) is 18.5 Å². The third-order valence-corrected chi connectivity index (χ3v) is 6.58. The second-order valence-electron chi connectivity index (χ2n) is 7.74. The van der Waals surface area contributed by atoms with E-state index in [2.05, 4.69) is 5.32 Å². The third kappa shape index (κ3) is 3.98. The molecule has 27 heavy (non-hydrogen) atoms. The van der Waals surface area contributed by atoms with Gasteiger partial charge in [0, 0.05) is 24.0 Å². The smallest absolute Gasteiger partial charge is 0.311 e. The highest BCUT2D eigenvalue weighted by Crippen LogP contribution is 2.49. The molecule has 7 heteroatoms. The highest BCUT2D eigenvalue weighted by Gasteiger charge is 2.55. The van der Waals surface area contributed by atoms with Crippen LogP contribution in [-0.4, -0.2) is 52.7 Å². The van der Waals surface area contributed by atoms with Gasteiger partial charge in [0.2, 0.25) is 5.91 Å². The van der Waals surface area contributed by atoms with E-state index in [1.807, 2.05) is 26.0 Å². The summed E-state index contributed by atoms with van der Waals surface area (Å²) >= 11 is 1.34. The predicted octanol–water partition coefficient (Wildman–Crippen LogP) is 2.63. The molecule has 0 unspecified atom stereocenters. The van der Waals surface area contributed by atoms with Crippen LogP contribution in [-0.2, 0) is 9.59 Å². The van der Waals surface area contributed by atoms with Crippen LogP contribution in [0.4, 0.5) is 0 Å². The summed E-state index contributed by atoms with van der Waals surface area (Å²) in [4.78, 5) is 39.3. The first kappa shape index (κ1) is 19.7. The number of hydrogen-bond donors (Lipinski definition) is 2. The number of thioether (sulfide) groups is 1. The largest absolute Gasteiger partial charge is 0.481 e. The summed E-state index contributed by atoms with van der Waals surface area (Å²) < 4.78 is 0. The van der Waals surface area contributed by atoms with E-state index >= 15 is 0 Å². The Morgan fingerprint density at radius 3 is 2.74 bits per heavy atom. The van der Waals surface area contributed by atoms with Gasteiger partial charge >= 0.3 is 5.97 Å². The maximum absolute atomic E-state index is 13.1. The lowest BCUT2D eigenvalue weighted by molar-refractivity contribution is -0.149. The number of benzene rings is 1. The molecule has 2 atom stereocenters. The highest BCUT2D eigenvalue weighted by molar-refractivity contribution is 8.00. The van der Waals surface area contributed by atoms with Gasteiger partial charge in [0.1, 0.15) is 0 Å². The van der Waals surface area contributed by atoms with Crippen LogP contribution in [0.2, 0.25) is 0 Å². The average Bonchev–Trinajstić information content (AvgIpc) is 3.17.